The molecule has 0 aliphatic rings. The second-order valence-corrected chi connectivity index (χ2v) is 5.86. The van der Waals surface area contributed by atoms with Gasteiger partial charge in [0.15, 0.2) is 17.3 Å². The third-order valence-corrected chi connectivity index (χ3v) is 3.75. The lowest BCUT2D eigenvalue weighted by Crippen LogP contribution is -2.01. The van der Waals surface area contributed by atoms with Crippen LogP contribution in [0.2, 0.25) is 0 Å². The molecular weight excluding hydrogens is 362 g/mol. The van der Waals surface area contributed by atoms with Gasteiger partial charge in [0.1, 0.15) is 12.3 Å². The molecule has 0 aliphatic heterocycles. The van der Waals surface area contributed by atoms with E-state index in [2.05, 4.69) is 5.16 Å². The number of carbonyl (C=O) groups is 1. The maximum absolute atomic E-state index is 11.9. The third kappa shape index (κ3) is 5.03. The molecule has 0 radical (unpaired) electrons. The Hall–Kier alpha value is -3.48. The van der Waals surface area contributed by atoms with Crippen molar-refractivity contribution in [3.63, 3.8) is 0 Å². The van der Waals surface area contributed by atoms with E-state index in [9.17, 15) is 4.79 Å². The van der Waals surface area contributed by atoms with E-state index in [0.717, 1.165) is 12.0 Å². The van der Waals surface area contributed by atoms with Gasteiger partial charge in [0.05, 0.1) is 20.0 Å². The highest BCUT2D eigenvalue weighted by atomic mass is 16.5. The fraction of sp³-hybridized carbons (Fsp3) is 0.238. The van der Waals surface area contributed by atoms with Crippen LogP contribution in [0.15, 0.2) is 57.7 Å². The van der Waals surface area contributed by atoms with Crippen LogP contribution in [0, 0.1) is 0 Å². The molecule has 7 heteroatoms. The smallest absolute Gasteiger partial charge is 0.331 e. The van der Waals surface area contributed by atoms with Gasteiger partial charge < -0.3 is 23.2 Å². The van der Waals surface area contributed by atoms with E-state index in [4.69, 9.17) is 23.2 Å². The third-order valence-electron chi connectivity index (χ3n) is 3.75. The lowest BCUT2D eigenvalue weighted by atomic mass is 10.2. The second kappa shape index (κ2) is 9.45. The molecule has 0 unspecified atom stereocenters. The summed E-state index contributed by atoms with van der Waals surface area (Å²) in [5, 5.41) is 3.85. The molecule has 0 N–H and O–H groups in total. The summed E-state index contributed by atoms with van der Waals surface area (Å²) >= 11 is 0. The summed E-state index contributed by atoms with van der Waals surface area (Å²) in [5.74, 6) is 1.82. The number of ether oxygens (including phenoxy) is 3. The second-order valence-electron chi connectivity index (χ2n) is 5.86. The maximum Gasteiger partial charge on any atom is 0.331 e. The molecule has 1 aromatic carbocycles. The van der Waals surface area contributed by atoms with Crippen molar-refractivity contribution in [3.05, 3.63) is 60.0 Å². The van der Waals surface area contributed by atoms with Gasteiger partial charge in [-0.25, -0.2) is 4.79 Å². The monoisotopic (exact) mass is 383 g/mol. The topological polar surface area (TPSA) is 83.9 Å². The van der Waals surface area contributed by atoms with Crippen molar-refractivity contribution in [2.24, 2.45) is 0 Å². The summed E-state index contributed by atoms with van der Waals surface area (Å²) < 4.78 is 26.5. The zero-order valence-electron chi connectivity index (χ0n) is 15.7. The fourth-order valence-corrected chi connectivity index (χ4v) is 2.39. The molecule has 0 spiro atoms. The Morgan fingerprint density at radius 3 is 2.82 bits per heavy atom. The van der Waals surface area contributed by atoms with Crippen molar-refractivity contribution >= 4 is 12.0 Å². The lowest BCUT2D eigenvalue weighted by molar-refractivity contribution is -0.139. The van der Waals surface area contributed by atoms with E-state index in [-0.39, 0.29) is 6.61 Å². The van der Waals surface area contributed by atoms with Crippen molar-refractivity contribution < 1.29 is 27.9 Å². The SMILES string of the molecule is CCCOc1ccc(/C=C/C(=O)OCc2cc(-c3ccco3)on2)cc1OC. The number of benzene rings is 1. The number of furan rings is 1. The zero-order valence-corrected chi connectivity index (χ0v) is 15.7. The van der Waals surface area contributed by atoms with Crippen molar-refractivity contribution in [2.45, 2.75) is 20.0 Å². The van der Waals surface area contributed by atoms with Gasteiger partial charge in [-0.1, -0.05) is 18.1 Å². The van der Waals surface area contributed by atoms with Crippen LogP contribution in [0.4, 0.5) is 0 Å². The molecule has 0 bridgehead atoms. The van der Waals surface area contributed by atoms with E-state index >= 15 is 0 Å². The summed E-state index contributed by atoms with van der Waals surface area (Å²) in [6.07, 6.45) is 5.44. The highest BCUT2D eigenvalue weighted by molar-refractivity contribution is 5.87. The minimum Gasteiger partial charge on any atom is -0.493 e. The van der Waals surface area contributed by atoms with Crippen LogP contribution in [-0.2, 0) is 16.1 Å². The first-order valence-corrected chi connectivity index (χ1v) is 8.84. The number of nitrogens with zero attached hydrogens (tertiary/aromatic N) is 1. The minimum absolute atomic E-state index is 0.000495. The number of hydrogen-bond acceptors (Lipinski definition) is 7. The van der Waals surface area contributed by atoms with Crippen molar-refractivity contribution in [3.8, 4) is 23.0 Å². The van der Waals surface area contributed by atoms with Crippen LogP contribution >= 0.6 is 0 Å². The Labute approximate surface area is 162 Å². The highest BCUT2D eigenvalue weighted by Crippen LogP contribution is 2.28. The van der Waals surface area contributed by atoms with Crippen LogP contribution in [0.25, 0.3) is 17.6 Å². The molecule has 0 saturated heterocycles. The van der Waals surface area contributed by atoms with Crippen LogP contribution in [0.1, 0.15) is 24.6 Å². The Morgan fingerprint density at radius 1 is 1.18 bits per heavy atom. The molecule has 146 valence electrons. The molecule has 0 aliphatic carbocycles. The summed E-state index contributed by atoms with van der Waals surface area (Å²) in [5.41, 5.74) is 1.28. The van der Waals surface area contributed by atoms with Gasteiger partial charge in [-0.15, -0.1) is 0 Å². The van der Waals surface area contributed by atoms with Gasteiger partial charge in [-0.2, -0.15) is 0 Å². The van der Waals surface area contributed by atoms with Gasteiger partial charge in [0.2, 0.25) is 5.76 Å². The number of carbonyl (C=O) groups excluding carboxylic acids is 1. The molecule has 3 aromatic rings. The van der Waals surface area contributed by atoms with Crippen molar-refractivity contribution in [1.82, 2.24) is 5.16 Å². The Kier molecular flexibility index (Phi) is 6.51. The lowest BCUT2D eigenvalue weighted by Gasteiger charge is -2.10. The van der Waals surface area contributed by atoms with E-state index in [1.165, 1.54) is 6.08 Å². The molecule has 28 heavy (non-hydrogen) atoms. The van der Waals surface area contributed by atoms with E-state index < -0.39 is 5.97 Å². The summed E-state index contributed by atoms with van der Waals surface area (Å²) in [7, 11) is 1.57. The summed E-state index contributed by atoms with van der Waals surface area (Å²) in [4.78, 5) is 11.9. The van der Waals surface area contributed by atoms with Crippen LogP contribution in [0.5, 0.6) is 11.5 Å². The van der Waals surface area contributed by atoms with Gasteiger partial charge in [-0.3, -0.25) is 0 Å². The van der Waals surface area contributed by atoms with E-state index in [0.29, 0.717) is 35.3 Å². The zero-order chi connectivity index (χ0) is 19.8. The minimum atomic E-state index is -0.493. The number of methoxy groups -OCH3 is 1. The Balaban J connectivity index is 1.55. The first-order valence-electron chi connectivity index (χ1n) is 8.84. The molecular formula is C21H21NO6. The fourth-order valence-electron chi connectivity index (χ4n) is 2.39. The molecule has 2 heterocycles. The Morgan fingerprint density at radius 2 is 2.07 bits per heavy atom. The summed E-state index contributed by atoms with van der Waals surface area (Å²) in [6, 6.07) is 10.6. The standard InChI is InChI=1S/C21H21NO6/c1-3-10-25-18-8-6-15(12-19(18)24-2)7-9-21(23)27-14-16-13-20(28-22-16)17-5-4-11-26-17/h4-9,11-13H,3,10,14H2,1-2H3/b9-7+. The van der Waals surface area contributed by atoms with Crippen LogP contribution < -0.4 is 9.47 Å². The number of rotatable bonds is 9. The number of aromatic nitrogens is 1. The van der Waals surface area contributed by atoms with Crippen molar-refractivity contribution in [2.75, 3.05) is 13.7 Å². The van der Waals surface area contributed by atoms with Gasteiger partial charge in [0.25, 0.3) is 0 Å². The van der Waals surface area contributed by atoms with E-state index in [1.807, 2.05) is 19.1 Å². The average molecular weight is 383 g/mol. The molecule has 7 nitrogen and oxygen atoms in total. The maximum atomic E-state index is 11.9. The van der Waals surface area contributed by atoms with Gasteiger partial charge in [-0.05, 0) is 42.3 Å². The van der Waals surface area contributed by atoms with Gasteiger partial charge >= 0.3 is 5.97 Å². The molecule has 2 aromatic heterocycles. The van der Waals surface area contributed by atoms with Crippen molar-refractivity contribution in [1.29, 1.82) is 0 Å². The van der Waals surface area contributed by atoms with Crippen LogP contribution in [-0.4, -0.2) is 24.8 Å². The molecule has 0 atom stereocenters. The average Bonchev–Trinajstić information content (AvgIpc) is 3.41. The van der Waals surface area contributed by atoms with Crippen LogP contribution in [0.3, 0.4) is 0 Å². The predicted molar refractivity (Wildman–Crippen MR) is 102 cm³/mol. The first kappa shape index (κ1) is 19.3. The molecule has 0 fully saturated rings. The Bertz CT molecular complexity index is 926. The highest BCUT2D eigenvalue weighted by Gasteiger charge is 2.10. The van der Waals surface area contributed by atoms with Gasteiger partial charge in [0, 0.05) is 12.1 Å². The predicted octanol–water partition coefficient (Wildman–Crippen LogP) is 4.49. The quantitative estimate of drug-likeness (QED) is 0.398. The van der Waals surface area contributed by atoms with E-state index in [1.54, 1.807) is 43.7 Å². The normalized spacial score (nSPS) is 10.9. The summed E-state index contributed by atoms with van der Waals surface area (Å²) in [6.45, 7) is 2.65. The first-order chi connectivity index (χ1) is 13.7. The largest absolute Gasteiger partial charge is 0.493 e. The number of hydrogen-bond donors (Lipinski definition) is 0. The molecule has 0 saturated carbocycles. The molecule has 0 amide bonds. The number of esters is 1. The molecule has 3 rings (SSSR count).